The Morgan fingerprint density at radius 3 is 2.89 bits per heavy atom. The van der Waals surface area contributed by atoms with Gasteiger partial charge in [0.05, 0.1) is 4.88 Å². The molecule has 2 aromatic heterocycles. The number of hydrogen-bond acceptors (Lipinski definition) is 4. The van der Waals surface area contributed by atoms with Crippen molar-refractivity contribution in [3.63, 3.8) is 0 Å². The first-order valence-corrected chi connectivity index (χ1v) is 6.53. The van der Waals surface area contributed by atoms with E-state index in [1.54, 1.807) is 23.5 Å². The van der Waals surface area contributed by atoms with Crippen molar-refractivity contribution in [1.29, 1.82) is 0 Å². The molecule has 0 saturated heterocycles. The van der Waals surface area contributed by atoms with E-state index < -0.39 is 0 Å². The Hall–Kier alpha value is -1.65. The lowest BCUT2D eigenvalue weighted by atomic mass is 10.2. The highest BCUT2D eigenvalue weighted by Gasteiger charge is 2.10. The number of halogens is 1. The summed E-state index contributed by atoms with van der Waals surface area (Å²) in [7, 11) is 0. The van der Waals surface area contributed by atoms with Crippen molar-refractivity contribution in [2.45, 2.75) is 6.92 Å². The van der Waals surface area contributed by atoms with Gasteiger partial charge in [-0.25, -0.2) is 0 Å². The Morgan fingerprint density at radius 1 is 1.44 bits per heavy atom. The molecule has 2 heterocycles. The monoisotopic (exact) mass is 278 g/mol. The molecule has 0 unspecified atom stereocenters. The maximum Gasteiger partial charge on any atom is 0.258 e. The van der Waals surface area contributed by atoms with E-state index in [9.17, 15) is 0 Å². The van der Waals surface area contributed by atoms with Crippen LogP contribution in [0.4, 0.5) is 0 Å². The number of rotatable bonds is 4. The lowest BCUT2D eigenvalue weighted by molar-refractivity contribution is 0.555. The minimum Gasteiger partial charge on any atom is -0.415 e. The van der Waals surface area contributed by atoms with Crippen LogP contribution in [0, 0.1) is 0 Å². The lowest BCUT2D eigenvalue weighted by Crippen LogP contribution is -1.80. The molecule has 0 spiro atoms. The smallest absolute Gasteiger partial charge is 0.258 e. The van der Waals surface area contributed by atoms with Gasteiger partial charge in [0, 0.05) is 10.6 Å². The summed E-state index contributed by atoms with van der Waals surface area (Å²) >= 11 is 7.24. The first-order chi connectivity index (χ1) is 8.70. The van der Waals surface area contributed by atoms with Crippen LogP contribution in [-0.2, 0) is 0 Å². The van der Waals surface area contributed by atoms with Gasteiger partial charge in [0.2, 0.25) is 5.89 Å². The van der Waals surface area contributed by atoms with Crippen LogP contribution in [0.5, 0.6) is 0 Å². The van der Waals surface area contributed by atoms with Crippen LogP contribution in [0.3, 0.4) is 0 Å². The second-order valence-electron chi connectivity index (χ2n) is 3.41. The molecule has 0 aliphatic heterocycles. The molecule has 92 valence electrons. The van der Waals surface area contributed by atoms with Crippen LogP contribution in [0.25, 0.3) is 16.3 Å². The van der Waals surface area contributed by atoms with Crippen molar-refractivity contribution in [2.75, 3.05) is 0 Å². The fourth-order valence-electron chi connectivity index (χ4n) is 1.31. The van der Waals surface area contributed by atoms with Gasteiger partial charge in [0.15, 0.2) is 0 Å². The van der Waals surface area contributed by atoms with Gasteiger partial charge in [0.25, 0.3) is 5.89 Å². The van der Waals surface area contributed by atoms with Crippen LogP contribution in [-0.4, -0.2) is 10.2 Å². The normalized spacial score (nSPS) is 12.2. The molecule has 0 bridgehead atoms. The lowest BCUT2D eigenvalue weighted by Gasteiger charge is -1.93. The summed E-state index contributed by atoms with van der Waals surface area (Å²) in [6.07, 6.45) is 5.36. The van der Waals surface area contributed by atoms with Crippen LogP contribution in [0.2, 0.25) is 0 Å². The average Bonchev–Trinajstić information content (AvgIpc) is 2.99. The van der Waals surface area contributed by atoms with E-state index >= 15 is 0 Å². The number of aromatic nitrogens is 2. The topological polar surface area (TPSA) is 38.9 Å². The molecule has 18 heavy (non-hydrogen) atoms. The zero-order valence-corrected chi connectivity index (χ0v) is 11.3. The van der Waals surface area contributed by atoms with Crippen molar-refractivity contribution in [2.24, 2.45) is 0 Å². The van der Waals surface area contributed by atoms with Crippen LogP contribution in [0.15, 0.2) is 51.8 Å². The standard InChI is InChI=1S/C13H11ClN2OS/c1-3-10(7-6-9(2)14)12-15-16-13(17-12)11-5-4-8-18-11/h3-8H,2H2,1H3/b7-6-,10-3+. The first kappa shape index (κ1) is 12.8. The molecule has 5 heteroatoms. The highest BCUT2D eigenvalue weighted by molar-refractivity contribution is 7.13. The molecule has 2 aromatic rings. The Kier molecular flexibility index (Phi) is 4.12. The van der Waals surface area contributed by atoms with E-state index in [1.807, 2.05) is 30.5 Å². The third kappa shape index (κ3) is 2.97. The number of nitrogens with zero attached hydrogens (tertiary/aromatic N) is 2. The first-order valence-electron chi connectivity index (χ1n) is 5.27. The Labute approximate surface area is 114 Å². The van der Waals surface area contributed by atoms with Gasteiger partial charge in [-0.15, -0.1) is 21.5 Å². The van der Waals surface area contributed by atoms with E-state index in [1.165, 1.54) is 0 Å². The molecule has 0 aromatic carbocycles. The molecule has 0 saturated carbocycles. The Balaban J connectivity index is 2.26. The minimum atomic E-state index is 0.451. The number of hydrogen-bond donors (Lipinski definition) is 0. The van der Waals surface area contributed by atoms with Crippen LogP contribution < -0.4 is 0 Å². The molecule has 0 amide bonds. The van der Waals surface area contributed by atoms with Gasteiger partial charge < -0.3 is 4.42 Å². The maximum atomic E-state index is 5.68. The summed E-state index contributed by atoms with van der Waals surface area (Å²) in [5, 5.41) is 10.5. The summed E-state index contributed by atoms with van der Waals surface area (Å²) in [6.45, 7) is 5.48. The maximum absolute atomic E-state index is 5.68. The molecule has 0 atom stereocenters. The molecular weight excluding hydrogens is 268 g/mol. The van der Waals surface area contributed by atoms with Crippen LogP contribution >= 0.6 is 22.9 Å². The van der Waals surface area contributed by atoms with Crippen molar-refractivity contribution >= 4 is 28.5 Å². The molecule has 0 aliphatic carbocycles. The zero-order chi connectivity index (χ0) is 13.0. The Morgan fingerprint density at radius 2 is 2.28 bits per heavy atom. The summed E-state index contributed by atoms with van der Waals surface area (Å²) < 4.78 is 5.61. The SMILES string of the molecule is C=C(Cl)/C=C\C(=C/C)c1nnc(-c2cccs2)o1. The van der Waals surface area contributed by atoms with E-state index in [0.717, 1.165) is 10.5 Å². The number of allylic oxidation sites excluding steroid dienone is 5. The summed E-state index contributed by atoms with van der Waals surface area (Å²) in [6, 6.07) is 3.88. The molecule has 0 aliphatic rings. The summed E-state index contributed by atoms with van der Waals surface area (Å²) in [5.41, 5.74) is 0.812. The average molecular weight is 279 g/mol. The fourth-order valence-corrected chi connectivity index (χ4v) is 2.02. The van der Waals surface area contributed by atoms with Gasteiger partial charge in [0.1, 0.15) is 0 Å². The predicted molar refractivity (Wildman–Crippen MR) is 75.4 cm³/mol. The number of thiophene rings is 1. The molecular formula is C13H11ClN2OS. The van der Waals surface area contributed by atoms with Gasteiger partial charge >= 0.3 is 0 Å². The second kappa shape index (κ2) is 5.80. The van der Waals surface area contributed by atoms with E-state index in [4.69, 9.17) is 16.0 Å². The molecule has 0 fully saturated rings. The largest absolute Gasteiger partial charge is 0.415 e. The second-order valence-corrected chi connectivity index (χ2v) is 4.85. The van der Waals surface area contributed by atoms with Gasteiger partial charge in [-0.05, 0) is 30.5 Å². The minimum absolute atomic E-state index is 0.451. The molecule has 0 N–H and O–H groups in total. The highest BCUT2D eigenvalue weighted by Crippen LogP contribution is 2.25. The highest BCUT2D eigenvalue weighted by atomic mass is 35.5. The molecule has 3 nitrogen and oxygen atoms in total. The third-order valence-electron chi connectivity index (χ3n) is 2.16. The summed E-state index contributed by atoms with van der Waals surface area (Å²) in [4.78, 5) is 0.954. The van der Waals surface area contributed by atoms with Gasteiger partial charge in [-0.3, -0.25) is 0 Å². The third-order valence-corrected chi connectivity index (χ3v) is 3.14. The van der Waals surface area contributed by atoms with Crippen molar-refractivity contribution in [1.82, 2.24) is 10.2 Å². The fraction of sp³-hybridized carbons (Fsp3) is 0.0769. The predicted octanol–water partition coefficient (Wildman–Crippen LogP) is 4.51. The zero-order valence-electron chi connectivity index (χ0n) is 9.76. The molecule has 2 rings (SSSR count). The quantitative estimate of drug-likeness (QED) is 0.773. The van der Waals surface area contributed by atoms with E-state index in [0.29, 0.717) is 16.8 Å². The Bertz CT molecular complexity index is 596. The van der Waals surface area contributed by atoms with Gasteiger partial charge in [-0.2, -0.15) is 0 Å². The van der Waals surface area contributed by atoms with Crippen molar-refractivity contribution < 1.29 is 4.42 Å². The summed E-state index contributed by atoms with van der Waals surface area (Å²) in [5.74, 6) is 0.993. The van der Waals surface area contributed by atoms with E-state index in [2.05, 4.69) is 16.8 Å². The van der Waals surface area contributed by atoms with Crippen LogP contribution in [0.1, 0.15) is 12.8 Å². The molecule has 0 radical (unpaired) electrons. The van der Waals surface area contributed by atoms with E-state index in [-0.39, 0.29) is 0 Å². The van der Waals surface area contributed by atoms with Crippen molar-refractivity contribution in [3.05, 3.63) is 53.2 Å². The van der Waals surface area contributed by atoms with Gasteiger partial charge in [-0.1, -0.05) is 30.3 Å². The van der Waals surface area contributed by atoms with Crippen molar-refractivity contribution in [3.8, 4) is 10.8 Å².